The van der Waals surface area contributed by atoms with Crippen molar-refractivity contribution in [3.8, 4) is 0 Å². The second-order valence-electron chi connectivity index (χ2n) is 5.25. The molecule has 1 aliphatic rings. The maximum absolute atomic E-state index is 11.4. The highest BCUT2D eigenvalue weighted by Gasteiger charge is 2.18. The molecule has 0 spiro atoms. The minimum absolute atomic E-state index is 0.122. The van der Waals surface area contributed by atoms with E-state index in [1.54, 1.807) is 13.0 Å². The number of carbonyl (C=O) groups excluding carboxylic acids is 1. The Morgan fingerprint density at radius 1 is 1.18 bits per heavy atom. The van der Waals surface area contributed by atoms with E-state index >= 15 is 0 Å². The fourth-order valence-corrected chi connectivity index (χ4v) is 2.95. The van der Waals surface area contributed by atoms with Gasteiger partial charge in [-0.15, -0.1) is 0 Å². The average molecular weight is 360 g/mol. The first kappa shape index (κ1) is 17.3. The summed E-state index contributed by atoms with van der Waals surface area (Å²) in [6, 6.07) is 5.53. The largest absolute Gasteiger partial charge is 0.358 e. The van der Waals surface area contributed by atoms with Gasteiger partial charge in [0.05, 0.1) is 10.0 Å². The predicted molar refractivity (Wildman–Crippen MR) is 94.3 cm³/mol. The van der Waals surface area contributed by atoms with Crippen molar-refractivity contribution < 1.29 is 4.79 Å². The van der Waals surface area contributed by atoms with E-state index in [1.165, 1.54) is 0 Å². The lowest BCUT2D eigenvalue weighted by Crippen LogP contribution is -2.42. The average Bonchev–Trinajstić information content (AvgIpc) is 2.74. The van der Waals surface area contributed by atoms with Crippen LogP contribution in [0.2, 0.25) is 10.0 Å². The minimum atomic E-state index is 0.122. The molecule has 0 atom stereocenters. The summed E-state index contributed by atoms with van der Waals surface area (Å²) in [6.45, 7) is 5.33. The molecule has 1 amide bonds. The summed E-state index contributed by atoms with van der Waals surface area (Å²) in [6.07, 6.45) is 0.925. The molecule has 4 nitrogen and oxygen atoms in total. The van der Waals surface area contributed by atoms with Crippen LogP contribution in [0.15, 0.2) is 18.2 Å². The Bertz CT molecular complexity index is 568. The van der Waals surface area contributed by atoms with E-state index in [-0.39, 0.29) is 5.91 Å². The number of hydrogen-bond acceptors (Lipinski definition) is 2. The Balaban J connectivity index is 1.86. The SMILES string of the molecule is CC(=O)N1CCCN(C(=S)NCc2ccc(Cl)c(Cl)c2)CC1. The molecule has 2 rings (SSSR count). The predicted octanol–water partition coefficient (Wildman–Crippen LogP) is 2.92. The van der Waals surface area contributed by atoms with Gasteiger partial charge in [-0.05, 0) is 36.3 Å². The summed E-state index contributed by atoms with van der Waals surface area (Å²) >= 11 is 17.4. The van der Waals surface area contributed by atoms with Crippen LogP contribution in [0.1, 0.15) is 18.9 Å². The summed E-state index contributed by atoms with van der Waals surface area (Å²) in [5.74, 6) is 0.122. The van der Waals surface area contributed by atoms with E-state index in [2.05, 4.69) is 10.2 Å². The number of benzene rings is 1. The third kappa shape index (κ3) is 4.73. The molecule has 1 aliphatic heterocycles. The van der Waals surface area contributed by atoms with Crippen molar-refractivity contribution in [1.82, 2.24) is 15.1 Å². The quantitative estimate of drug-likeness (QED) is 0.823. The van der Waals surface area contributed by atoms with Crippen LogP contribution in [0, 0.1) is 0 Å². The minimum Gasteiger partial charge on any atom is -0.358 e. The van der Waals surface area contributed by atoms with Crippen LogP contribution in [0.5, 0.6) is 0 Å². The Morgan fingerprint density at radius 3 is 2.55 bits per heavy atom. The third-order valence-electron chi connectivity index (χ3n) is 3.66. The maximum Gasteiger partial charge on any atom is 0.219 e. The topological polar surface area (TPSA) is 35.6 Å². The zero-order valence-electron chi connectivity index (χ0n) is 12.4. The van der Waals surface area contributed by atoms with E-state index in [9.17, 15) is 4.79 Å². The number of hydrogen-bond donors (Lipinski definition) is 1. The van der Waals surface area contributed by atoms with E-state index in [0.29, 0.717) is 28.2 Å². The first-order chi connectivity index (χ1) is 10.5. The number of carbonyl (C=O) groups is 1. The van der Waals surface area contributed by atoms with Gasteiger partial charge in [0.15, 0.2) is 5.11 Å². The summed E-state index contributed by atoms with van der Waals surface area (Å²) in [5.41, 5.74) is 1.02. The van der Waals surface area contributed by atoms with Crippen molar-refractivity contribution in [1.29, 1.82) is 0 Å². The normalized spacial score (nSPS) is 15.4. The van der Waals surface area contributed by atoms with Crippen LogP contribution in [0.25, 0.3) is 0 Å². The molecule has 0 bridgehead atoms. The summed E-state index contributed by atoms with van der Waals surface area (Å²) in [7, 11) is 0. The molecule has 0 aromatic heterocycles. The molecule has 120 valence electrons. The molecular formula is C15H19Cl2N3OS. The van der Waals surface area contributed by atoms with E-state index in [4.69, 9.17) is 35.4 Å². The fourth-order valence-electron chi connectivity index (χ4n) is 2.37. The van der Waals surface area contributed by atoms with Crippen LogP contribution in [-0.4, -0.2) is 47.0 Å². The summed E-state index contributed by atoms with van der Waals surface area (Å²) < 4.78 is 0. The molecule has 1 aromatic carbocycles. The van der Waals surface area contributed by atoms with Gasteiger partial charge in [0.2, 0.25) is 5.91 Å². The smallest absolute Gasteiger partial charge is 0.219 e. The number of rotatable bonds is 2. The summed E-state index contributed by atoms with van der Waals surface area (Å²) in [4.78, 5) is 15.4. The maximum atomic E-state index is 11.4. The van der Waals surface area contributed by atoms with Gasteiger partial charge < -0.3 is 15.1 Å². The molecule has 22 heavy (non-hydrogen) atoms. The fraction of sp³-hybridized carbons (Fsp3) is 0.467. The molecule has 0 aliphatic carbocycles. The van der Waals surface area contributed by atoms with Crippen LogP contribution >= 0.6 is 35.4 Å². The highest BCUT2D eigenvalue weighted by Crippen LogP contribution is 2.22. The van der Waals surface area contributed by atoms with E-state index < -0.39 is 0 Å². The lowest BCUT2D eigenvalue weighted by atomic mass is 10.2. The van der Waals surface area contributed by atoms with Crippen molar-refractivity contribution in [2.24, 2.45) is 0 Å². The Labute approximate surface area is 146 Å². The number of nitrogens with one attached hydrogen (secondary N) is 1. The molecule has 1 N–H and O–H groups in total. The van der Waals surface area contributed by atoms with Crippen LogP contribution in [0.3, 0.4) is 0 Å². The van der Waals surface area contributed by atoms with Gasteiger partial charge >= 0.3 is 0 Å². The highest BCUT2D eigenvalue weighted by molar-refractivity contribution is 7.80. The zero-order valence-corrected chi connectivity index (χ0v) is 14.8. The Morgan fingerprint density at radius 2 is 1.86 bits per heavy atom. The van der Waals surface area contributed by atoms with Gasteiger partial charge in [0, 0.05) is 39.6 Å². The molecule has 0 saturated carbocycles. The Kier molecular flexibility index (Phi) is 6.29. The molecule has 0 radical (unpaired) electrons. The summed E-state index contributed by atoms with van der Waals surface area (Å²) in [5, 5.41) is 5.03. The number of amides is 1. The third-order valence-corrected chi connectivity index (χ3v) is 4.80. The molecule has 1 saturated heterocycles. The van der Waals surface area contributed by atoms with E-state index in [0.717, 1.165) is 31.6 Å². The molecule has 1 aromatic rings. The monoisotopic (exact) mass is 359 g/mol. The molecule has 1 heterocycles. The van der Waals surface area contributed by atoms with Gasteiger partial charge in [-0.2, -0.15) is 0 Å². The van der Waals surface area contributed by atoms with Crippen molar-refractivity contribution in [3.63, 3.8) is 0 Å². The molecular weight excluding hydrogens is 341 g/mol. The lowest BCUT2D eigenvalue weighted by molar-refractivity contribution is -0.128. The number of nitrogens with zero attached hydrogens (tertiary/aromatic N) is 2. The first-order valence-electron chi connectivity index (χ1n) is 7.19. The van der Waals surface area contributed by atoms with Crippen molar-refractivity contribution in [2.75, 3.05) is 26.2 Å². The van der Waals surface area contributed by atoms with Crippen molar-refractivity contribution in [2.45, 2.75) is 19.9 Å². The van der Waals surface area contributed by atoms with Crippen molar-refractivity contribution >= 4 is 46.4 Å². The number of thiocarbonyl (C=S) groups is 1. The van der Waals surface area contributed by atoms with Gasteiger partial charge in [-0.3, -0.25) is 4.79 Å². The second-order valence-corrected chi connectivity index (χ2v) is 6.45. The molecule has 0 unspecified atom stereocenters. The van der Waals surface area contributed by atoms with E-state index in [1.807, 2.05) is 17.0 Å². The van der Waals surface area contributed by atoms with Crippen LogP contribution < -0.4 is 5.32 Å². The highest BCUT2D eigenvalue weighted by atomic mass is 35.5. The lowest BCUT2D eigenvalue weighted by Gasteiger charge is -2.24. The van der Waals surface area contributed by atoms with Crippen LogP contribution in [0.4, 0.5) is 0 Å². The number of halogens is 2. The van der Waals surface area contributed by atoms with Gasteiger partial charge in [-0.1, -0.05) is 29.3 Å². The Hall–Kier alpha value is -1.04. The van der Waals surface area contributed by atoms with Crippen LogP contribution in [-0.2, 0) is 11.3 Å². The standard InChI is InChI=1S/C15H19Cl2N3OS/c1-11(21)19-5-2-6-20(8-7-19)15(22)18-10-12-3-4-13(16)14(17)9-12/h3-4,9H,2,5-8,10H2,1H3,(H,18,22). The van der Waals surface area contributed by atoms with Crippen molar-refractivity contribution in [3.05, 3.63) is 33.8 Å². The van der Waals surface area contributed by atoms with Gasteiger partial charge in [0.1, 0.15) is 0 Å². The zero-order chi connectivity index (χ0) is 16.1. The molecule has 7 heteroatoms. The first-order valence-corrected chi connectivity index (χ1v) is 8.36. The van der Waals surface area contributed by atoms with Gasteiger partial charge in [0.25, 0.3) is 0 Å². The molecule has 1 fully saturated rings. The van der Waals surface area contributed by atoms with Gasteiger partial charge in [-0.25, -0.2) is 0 Å². The second kappa shape index (κ2) is 7.99.